The number of carboxylic acid groups (broad SMARTS) is 1. The zero-order valence-electron chi connectivity index (χ0n) is 14.7. The number of carbonyl (C=O) groups excluding carboxylic acids is 2. The summed E-state index contributed by atoms with van der Waals surface area (Å²) in [5, 5.41) is 23.8. The molecule has 0 aliphatic carbocycles. The molecule has 2 aromatic rings. The van der Waals surface area contributed by atoms with Gasteiger partial charge in [0.2, 0.25) is 5.91 Å². The minimum atomic E-state index is -1.27. The van der Waals surface area contributed by atoms with Crippen LogP contribution >= 0.6 is 0 Å². The highest BCUT2D eigenvalue weighted by Gasteiger charge is 2.21. The normalized spacial score (nSPS) is 10.9. The summed E-state index contributed by atoms with van der Waals surface area (Å²) >= 11 is 0. The maximum atomic E-state index is 12.3. The molecule has 0 unspecified atom stereocenters. The number of phenols is 1. The lowest BCUT2D eigenvalue weighted by Crippen LogP contribution is -2.27. The molecule has 0 saturated heterocycles. The van der Waals surface area contributed by atoms with Gasteiger partial charge in [0, 0.05) is 16.7 Å². The van der Waals surface area contributed by atoms with Crippen LogP contribution < -0.4 is 10.6 Å². The summed E-state index contributed by atoms with van der Waals surface area (Å²) in [7, 11) is 0. The van der Waals surface area contributed by atoms with Crippen LogP contribution in [0.3, 0.4) is 0 Å². The first kappa shape index (κ1) is 19.0. The van der Waals surface area contributed by atoms with Crippen molar-refractivity contribution in [2.75, 3.05) is 10.6 Å². The van der Waals surface area contributed by atoms with Gasteiger partial charge in [0.15, 0.2) is 0 Å². The van der Waals surface area contributed by atoms with Gasteiger partial charge >= 0.3 is 5.97 Å². The molecule has 2 amide bonds. The van der Waals surface area contributed by atoms with Crippen LogP contribution in [0.25, 0.3) is 0 Å². The molecular weight excluding hydrogens is 336 g/mol. The first-order chi connectivity index (χ1) is 12.1. The van der Waals surface area contributed by atoms with Gasteiger partial charge in [-0.15, -0.1) is 0 Å². The van der Waals surface area contributed by atoms with Crippen molar-refractivity contribution in [1.82, 2.24) is 0 Å². The second kappa shape index (κ2) is 7.26. The number of phenolic OH excluding ortho intramolecular Hbond substituents is 1. The standard InChI is InChI=1S/C19H20N2O5/c1-19(2,3)18(26)20-12-6-4-11(5-7-12)16(23)21-15-9-8-13(22)10-14(15)17(24)25/h4-10,22H,1-3H3,(H,20,26)(H,21,23)(H,24,25). The van der Waals surface area contributed by atoms with E-state index in [4.69, 9.17) is 5.11 Å². The van der Waals surface area contributed by atoms with E-state index in [2.05, 4.69) is 10.6 Å². The molecule has 7 nitrogen and oxygen atoms in total. The summed E-state index contributed by atoms with van der Waals surface area (Å²) in [6, 6.07) is 9.88. The van der Waals surface area contributed by atoms with Crippen LogP contribution in [0.5, 0.6) is 5.75 Å². The van der Waals surface area contributed by atoms with Crippen molar-refractivity contribution in [3.63, 3.8) is 0 Å². The van der Waals surface area contributed by atoms with Gasteiger partial charge in [-0.25, -0.2) is 4.79 Å². The van der Waals surface area contributed by atoms with E-state index in [-0.39, 0.29) is 22.9 Å². The van der Waals surface area contributed by atoms with Gasteiger partial charge in [-0.2, -0.15) is 0 Å². The average molecular weight is 356 g/mol. The minimum absolute atomic E-state index is 0.0745. The molecule has 0 radical (unpaired) electrons. The van der Waals surface area contributed by atoms with Crippen LogP contribution in [0.4, 0.5) is 11.4 Å². The second-order valence-electron chi connectivity index (χ2n) is 6.77. The lowest BCUT2D eigenvalue weighted by atomic mass is 9.95. The summed E-state index contributed by atoms with van der Waals surface area (Å²) in [6.45, 7) is 5.38. The molecular formula is C19H20N2O5. The summed E-state index contributed by atoms with van der Waals surface area (Å²) in [4.78, 5) is 35.5. The Labute approximate surface area is 150 Å². The van der Waals surface area contributed by atoms with Gasteiger partial charge in [0.1, 0.15) is 5.75 Å². The summed E-state index contributed by atoms with van der Waals surface area (Å²) in [5.41, 5.74) is 0.167. The SMILES string of the molecule is CC(C)(C)C(=O)Nc1ccc(C(=O)Nc2ccc(O)cc2C(=O)O)cc1. The first-order valence-corrected chi connectivity index (χ1v) is 7.87. The number of carbonyl (C=O) groups is 3. The number of aromatic carboxylic acids is 1. The van der Waals surface area contributed by atoms with Crippen molar-refractivity contribution in [1.29, 1.82) is 0 Å². The number of rotatable bonds is 4. The Morgan fingerprint density at radius 1 is 0.923 bits per heavy atom. The van der Waals surface area contributed by atoms with Crippen LogP contribution in [0.15, 0.2) is 42.5 Å². The van der Waals surface area contributed by atoms with Crippen LogP contribution in [-0.2, 0) is 4.79 Å². The number of aromatic hydroxyl groups is 1. The Bertz CT molecular complexity index is 851. The zero-order valence-corrected chi connectivity index (χ0v) is 14.7. The molecule has 26 heavy (non-hydrogen) atoms. The lowest BCUT2D eigenvalue weighted by molar-refractivity contribution is -0.123. The Hall–Kier alpha value is -3.35. The van der Waals surface area contributed by atoms with Crippen LogP contribution in [0.2, 0.25) is 0 Å². The quantitative estimate of drug-likeness (QED) is 0.627. The van der Waals surface area contributed by atoms with E-state index in [0.29, 0.717) is 11.3 Å². The summed E-state index contributed by atoms with van der Waals surface area (Å²) in [6.07, 6.45) is 0. The molecule has 136 valence electrons. The van der Waals surface area contributed by atoms with Crippen LogP contribution in [-0.4, -0.2) is 28.0 Å². The molecule has 0 aromatic heterocycles. The van der Waals surface area contributed by atoms with Crippen molar-refractivity contribution < 1.29 is 24.6 Å². The van der Waals surface area contributed by atoms with E-state index in [9.17, 15) is 19.5 Å². The molecule has 0 bridgehead atoms. The Kier molecular flexibility index (Phi) is 5.30. The van der Waals surface area contributed by atoms with Gasteiger partial charge in [0.25, 0.3) is 5.91 Å². The zero-order chi connectivity index (χ0) is 19.5. The maximum Gasteiger partial charge on any atom is 0.337 e. The molecule has 0 heterocycles. The molecule has 0 spiro atoms. The van der Waals surface area contributed by atoms with E-state index in [1.807, 2.05) is 0 Å². The predicted octanol–water partition coefficient (Wildman–Crippen LogP) is 3.33. The second-order valence-corrected chi connectivity index (χ2v) is 6.77. The molecule has 0 fully saturated rings. The number of hydrogen-bond acceptors (Lipinski definition) is 4. The third-order valence-corrected chi connectivity index (χ3v) is 3.57. The number of amides is 2. The van der Waals surface area contributed by atoms with Gasteiger partial charge in [0.05, 0.1) is 11.3 Å². The molecule has 0 saturated carbocycles. The van der Waals surface area contributed by atoms with Crippen molar-refractivity contribution in [3.8, 4) is 5.75 Å². The molecule has 0 aliphatic rings. The van der Waals surface area contributed by atoms with Gasteiger partial charge in [-0.05, 0) is 42.5 Å². The fourth-order valence-electron chi connectivity index (χ4n) is 2.04. The lowest BCUT2D eigenvalue weighted by Gasteiger charge is -2.17. The smallest absolute Gasteiger partial charge is 0.337 e. The number of hydrogen-bond donors (Lipinski definition) is 4. The molecule has 2 rings (SSSR count). The highest BCUT2D eigenvalue weighted by molar-refractivity contribution is 6.08. The highest BCUT2D eigenvalue weighted by Crippen LogP contribution is 2.22. The van der Waals surface area contributed by atoms with Gasteiger partial charge in [-0.3, -0.25) is 9.59 Å². The van der Waals surface area contributed by atoms with Crippen molar-refractivity contribution in [2.45, 2.75) is 20.8 Å². The van der Waals surface area contributed by atoms with Crippen LogP contribution in [0, 0.1) is 5.41 Å². The van der Waals surface area contributed by atoms with Gasteiger partial charge < -0.3 is 20.8 Å². The molecule has 7 heteroatoms. The minimum Gasteiger partial charge on any atom is -0.508 e. The van der Waals surface area contributed by atoms with E-state index >= 15 is 0 Å². The maximum absolute atomic E-state index is 12.3. The fourth-order valence-corrected chi connectivity index (χ4v) is 2.04. The summed E-state index contributed by atoms with van der Waals surface area (Å²) in [5.74, 6) is -2.13. The Morgan fingerprint density at radius 2 is 1.54 bits per heavy atom. The number of benzene rings is 2. The Balaban J connectivity index is 2.14. The third-order valence-electron chi connectivity index (χ3n) is 3.57. The first-order valence-electron chi connectivity index (χ1n) is 7.87. The fraction of sp³-hybridized carbons (Fsp3) is 0.211. The highest BCUT2D eigenvalue weighted by atomic mass is 16.4. The monoisotopic (exact) mass is 356 g/mol. The average Bonchev–Trinajstić information content (AvgIpc) is 2.56. The van der Waals surface area contributed by atoms with E-state index in [0.717, 1.165) is 6.07 Å². The van der Waals surface area contributed by atoms with Gasteiger partial charge in [-0.1, -0.05) is 20.8 Å². The molecule has 0 atom stereocenters. The number of carboxylic acids is 1. The number of nitrogens with one attached hydrogen (secondary N) is 2. The predicted molar refractivity (Wildman–Crippen MR) is 97.5 cm³/mol. The van der Waals surface area contributed by atoms with E-state index in [1.165, 1.54) is 24.3 Å². The Morgan fingerprint density at radius 3 is 2.08 bits per heavy atom. The number of anilines is 2. The topological polar surface area (TPSA) is 116 Å². The third kappa shape index (κ3) is 4.60. The van der Waals surface area contributed by atoms with Crippen molar-refractivity contribution >= 4 is 29.2 Å². The molecule has 2 aromatic carbocycles. The summed E-state index contributed by atoms with van der Waals surface area (Å²) < 4.78 is 0. The van der Waals surface area contributed by atoms with Crippen molar-refractivity contribution in [3.05, 3.63) is 53.6 Å². The largest absolute Gasteiger partial charge is 0.508 e. The van der Waals surface area contributed by atoms with Crippen molar-refractivity contribution in [2.24, 2.45) is 5.41 Å². The van der Waals surface area contributed by atoms with E-state index in [1.54, 1.807) is 32.9 Å². The molecule has 4 N–H and O–H groups in total. The molecule has 0 aliphatic heterocycles. The van der Waals surface area contributed by atoms with Crippen LogP contribution in [0.1, 0.15) is 41.5 Å². The van der Waals surface area contributed by atoms with E-state index < -0.39 is 17.3 Å².